The molecule has 0 aliphatic rings. The lowest BCUT2D eigenvalue weighted by molar-refractivity contribution is 0.0938. The van der Waals surface area contributed by atoms with Gasteiger partial charge in [0, 0.05) is 20.1 Å². The lowest BCUT2D eigenvalue weighted by Crippen LogP contribution is -2.29. The lowest BCUT2D eigenvalue weighted by Gasteiger charge is -2.10. The maximum atomic E-state index is 12.0. The summed E-state index contributed by atoms with van der Waals surface area (Å²) in [6, 6.07) is 1.85. The first-order chi connectivity index (χ1) is 9.58. The predicted molar refractivity (Wildman–Crippen MR) is 81.0 cm³/mol. The molecule has 1 unspecified atom stereocenters. The van der Waals surface area contributed by atoms with Gasteiger partial charge in [-0.2, -0.15) is 0 Å². The first kappa shape index (κ1) is 16.7. The van der Waals surface area contributed by atoms with Crippen molar-refractivity contribution in [2.24, 2.45) is 5.92 Å². The number of aliphatic hydroxyl groups excluding tert-OH is 1. The van der Waals surface area contributed by atoms with Gasteiger partial charge in [-0.15, -0.1) is 11.3 Å². The topological polar surface area (TPSA) is 58.6 Å². The van der Waals surface area contributed by atoms with Crippen LogP contribution in [0, 0.1) is 24.7 Å². The predicted octanol–water partition coefficient (Wildman–Crippen LogP) is 1.80. The number of rotatable bonds is 6. The third kappa shape index (κ3) is 5.33. The number of aryl methyl sites for hydroxylation is 1. The number of thiophene rings is 1. The molecule has 1 rings (SSSR count). The molecule has 0 aliphatic heterocycles. The molecule has 0 fully saturated rings. The molecule has 1 aromatic rings. The minimum absolute atomic E-state index is 0.0577. The highest BCUT2D eigenvalue weighted by molar-refractivity contribution is 7.14. The normalized spacial score (nSPS) is 11.6. The molecule has 0 aromatic carbocycles. The molecule has 1 amide bonds. The minimum atomic E-state index is -0.0729. The quantitative estimate of drug-likeness (QED) is 0.787. The third-order valence-electron chi connectivity index (χ3n) is 2.64. The molecule has 110 valence electrons. The van der Waals surface area contributed by atoms with Crippen LogP contribution in [0.1, 0.15) is 33.5 Å². The second-order valence-electron chi connectivity index (χ2n) is 4.67. The summed E-state index contributed by atoms with van der Waals surface area (Å²) >= 11 is 1.38. The molecule has 1 atom stereocenters. The average Bonchev–Trinajstić information content (AvgIpc) is 2.78. The van der Waals surface area contributed by atoms with Crippen molar-refractivity contribution in [3.05, 3.63) is 21.4 Å². The Morgan fingerprint density at radius 3 is 3.00 bits per heavy atom. The van der Waals surface area contributed by atoms with Crippen molar-refractivity contribution in [3.63, 3.8) is 0 Å². The van der Waals surface area contributed by atoms with Gasteiger partial charge in [-0.1, -0.05) is 18.8 Å². The van der Waals surface area contributed by atoms with Crippen LogP contribution >= 0.6 is 11.3 Å². The minimum Gasteiger partial charge on any atom is -0.395 e. The number of hydrogen-bond acceptors (Lipinski definition) is 4. The summed E-state index contributed by atoms with van der Waals surface area (Å²) in [4.78, 5) is 13.6. The number of carbonyl (C=O) groups is 1. The van der Waals surface area contributed by atoms with Crippen LogP contribution in [0.3, 0.4) is 0 Å². The summed E-state index contributed by atoms with van der Waals surface area (Å²) in [5.41, 5.74) is 0.996. The fourth-order valence-corrected chi connectivity index (χ4v) is 2.58. The van der Waals surface area contributed by atoms with Crippen molar-refractivity contribution < 1.29 is 14.6 Å². The van der Waals surface area contributed by atoms with Gasteiger partial charge in [0.2, 0.25) is 0 Å². The standard InChI is InChI=1S/C15H21NO3S/c1-11(10-19-3)9-16-15(18)14-8-12(2)13(20-14)6-4-5-7-17/h8,11,17H,5,7,9-10H2,1-3H3,(H,16,18). The molecule has 20 heavy (non-hydrogen) atoms. The Hall–Kier alpha value is -1.35. The van der Waals surface area contributed by atoms with Crippen molar-refractivity contribution in [1.29, 1.82) is 0 Å². The molecule has 0 bridgehead atoms. The Morgan fingerprint density at radius 1 is 1.60 bits per heavy atom. The molecule has 2 N–H and O–H groups in total. The van der Waals surface area contributed by atoms with Crippen LogP contribution in [0.5, 0.6) is 0 Å². The highest BCUT2D eigenvalue weighted by Crippen LogP contribution is 2.20. The van der Waals surface area contributed by atoms with Gasteiger partial charge >= 0.3 is 0 Å². The maximum Gasteiger partial charge on any atom is 0.261 e. The summed E-state index contributed by atoms with van der Waals surface area (Å²) in [6.07, 6.45) is 0.452. The monoisotopic (exact) mass is 295 g/mol. The van der Waals surface area contributed by atoms with E-state index in [-0.39, 0.29) is 18.4 Å². The van der Waals surface area contributed by atoms with Crippen LogP contribution in [0.25, 0.3) is 0 Å². The highest BCUT2D eigenvalue weighted by atomic mass is 32.1. The fraction of sp³-hybridized carbons (Fsp3) is 0.533. The van der Waals surface area contributed by atoms with Gasteiger partial charge in [-0.3, -0.25) is 4.79 Å². The summed E-state index contributed by atoms with van der Waals surface area (Å²) in [6.45, 7) is 5.23. The van der Waals surface area contributed by atoms with Gasteiger partial charge in [-0.05, 0) is 24.5 Å². The maximum absolute atomic E-state index is 12.0. The van der Waals surface area contributed by atoms with Crippen LogP contribution in [0.2, 0.25) is 0 Å². The molecule has 5 heteroatoms. The largest absolute Gasteiger partial charge is 0.395 e. The van der Waals surface area contributed by atoms with Gasteiger partial charge in [0.25, 0.3) is 5.91 Å². The van der Waals surface area contributed by atoms with Crippen molar-refractivity contribution >= 4 is 17.2 Å². The average molecular weight is 295 g/mol. The third-order valence-corrected chi connectivity index (χ3v) is 3.79. The summed E-state index contributed by atoms with van der Waals surface area (Å²) < 4.78 is 5.03. The highest BCUT2D eigenvalue weighted by Gasteiger charge is 2.12. The zero-order valence-electron chi connectivity index (χ0n) is 12.2. The Kier molecular flexibility index (Phi) is 7.31. The number of ether oxygens (including phenoxy) is 1. The van der Waals surface area contributed by atoms with E-state index in [4.69, 9.17) is 9.84 Å². The van der Waals surface area contributed by atoms with Crippen molar-refractivity contribution in [1.82, 2.24) is 5.32 Å². The van der Waals surface area contributed by atoms with E-state index in [0.717, 1.165) is 10.4 Å². The Bertz CT molecular complexity index is 499. The molecule has 0 saturated heterocycles. The van der Waals surface area contributed by atoms with Gasteiger partial charge in [0.1, 0.15) is 0 Å². The second-order valence-corrected chi connectivity index (χ2v) is 5.72. The fourth-order valence-electron chi connectivity index (χ4n) is 1.61. The van der Waals surface area contributed by atoms with E-state index in [2.05, 4.69) is 17.2 Å². The van der Waals surface area contributed by atoms with Crippen molar-refractivity contribution in [3.8, 4) is 11.8 Å². The lowest BCUT2D eigenvalue weighted by atomic mass is 10.2. The number of carbonyl (C=O) groups excluding carboxylic acids is 1. The van der Waals surface area contributed by atoms with Crippen molar-refractivity contribution in [2.45, 2.75) is 20.3 Å². The van der Waals surface area contributed by atoms with Crippen molar-refractivity contribution in [2.75, 3.05) is 26.9 Å². The number of methoxy groups -OCH3 is 1. The SMILES string of the molecule is COCC(C)CNC(=O)c1cc(C)c(C#CCCO)s1. The van der Waals surface area contributed by atoms with E-state index in [1.54, 1.807) is 7.11 Å². The first-order valence-electron chi connectivity index (χ1n) is 6.55. The van der Waals surface area contributed by atoms with Gasteiger partial charge in [0.05, 0.1) is 23.0 Å². The van der Waals surface area contributed by atoms with E-state index < -0.39 is 0 Å². The Morgan fingerprint density at radius 2 is 2.35 bits per heavy atom. The van der Waals surface area contributed by atoms with Gasteiger partial charge < -0.3 is 15.2 Å². The van der Waals surface area contributed by atoms with Crippen LogP contribution in [0.4, 0.5) is 0 Å². The summed E-state index contributed by atoms with van der Waals surface area (Å²) in [5.74, 6) is 6.07. The molecule has 1 heterocycles. The first-order valence-corrected chi connectivity index (χ1v) is 7.37. The van der Waals surface area contributed by atoms with Crippen LogP contribution in [-0.2, 0) is 4.74 Å². The van der Waals surface area contributed by atoms with E-state index in [1.165, 1.54) is 11.3 Å². The van der Waals surface area contributed by atoms with E-state index >= 15 is 0 Å². The van der Waals surface area contributed by atoms with E-state index in [9.17, 15) is 4.79 Å². The molecular weight excluding hydrogens is 274 g/mol. The smallest absolute Gasteiger partial charge is 0.261 e. The van der Waals surface area contributed by atoms with Crippen LogP contribution in [-0.4, -0.2) is 37.9 Å². The molecule has 0 spiro atoms. The van der Waals surface area contributed by atoms with Crippen LogP contribution < -0.4 is 5.32 Å². The zero-order chi connectivity index (χ0) is 15.0. The molecular formula is C15H21NO3S. The van der Waals surface area contributed by atoms with Crippen LogP contribution in [0.15, 0.2) is 6.07 Å². The number of aliphatic hydroxyl groups is 1. The summed E-state index contributed by atoms with van der Waals surface area (Å²) in [7, 11) is 1.65. The molecule has 1 aromatic heterocycles. The number of nitrogens with one attached hydrogen (secondary N) is 1. The Labute approximate surface area is 124 Å². The molecule has 0 aliphatic carbocycles. The number of hydrogen-bond donors (Lipinski definition) is 2. The van der Waals surface area contributed by atoms with E-state index in [0.29, 0.717) is 24.4 Å². The van der Waals surface area contributed by atoms with Gasteiger partial charge in [0.15, 0.2) is 0 Å². The molecule has 4 nitrogen and oxygen atoms in total. The Balaban J connectivity index is 2.61. The molecule has 0 radical (unpaired) electrons. The van der Waals surface area contributed by atoms with Gasteiger partial charge in [-0.25, -0.2) is 0 Å². The second kappa shape index (κ2) is 8.75. The van der Waals surface area contributed by atoms with E-state index in [1.807, 2.05) is 19.9 Å². The zero-order valence-corrected chi connectivity index (χ0v) is 13.0. The summed E-state index contributed by atoms with van der Waals surface area (Å²) in [5, 5.41) is 11.6. The number of amides is 1. The molecule has 0 saturated carbocycles.